The highest BCUT2D eigenvalue weighted by molar-refractivity contribution is 9.11. The smallest absolute Gasteiger partial charge is 0.213 e. The highest BCUT2D eigenvalue weighted by Crippen LogP contribution is 2.26. The van der Waals surface area contributed by atoms with E-state index < -0.39 is 0 Å². The number of imidazole rings is 1. The standard InChI is InChI=1S/C11H15BrN4S/c1-7(2)5-15-4-3-8-9(6-15)16-11(13-8)17-10(12)14-16/h7H,3-6H2,1-2H3. The summed E-state index contributed by atoms with van der Waals surface area (Å²) in [4.78, 5) is 8.15. The number of fused-ring (bicyclic) bond motifs is 3. The summed E-state index contributed by atoms with van der Waals surface area (Å²) in [6.45, 7) is 7.78. The first-order valence-corrected chi connectivity index (χ1v) is 7.49. The van der Waals surface area contributed by atoms with Crippen molar-refractivity contribution < 1.29 is 0 Å². The van der Waals surface area contributed by atoms with Crippen LogP contribution in [0.1, 0.15) is 25.2 Å². The number of halogens is 1. The average Bonchev–Trinajstić information content (AvgIpc) is 2.73. The third-order valence-corrected chi connectivity index (χ3v) is 4.36. The Hall–Kier alpha value is -0.460. The van der Waals surface area contributed by atoms with Crippen molar-refractivity contribution in [1.29, 1.82) is 0 Å². The van der Waals surface area contributed by atoms with Gasteiger partial charge in [0.2, 0.25) is 4.96 Å². The SMILES string of the molecule is CC(C)CN1CCc2nc3sc(Br)nn3c2C1. The van der Waals surface area contributed by atoms with Gasteiger partial charge in [-0.15, -0.1) is 5.10 Å². The largest absolute Gasteiger partial charge is 0.297 e. The van der Waals surface area contributed by atoms with Crippen molar-refractivity contribution in [1.82, 2.24) is 19.5 Å². The molecule has 0 saturated heterocycles. The minimum absolute atomic E-state index is 0.710. The van der Waals surface area contributed by atoms with E-state index >= 15 is 0 Å². The highest BCUT2D eigenvalue weighted by Gasteiger charge is 2.23. The van der Waals surface area contributed by atoms with Crippen LogP contribution in [0, 0.1) is 5.92 Å². The molecule has 6 heteroatoms. The fourth-order valence-corrected chi connectivity index (χ4v) is 3.65. The second-order valence-electron chi connectivity index (χ2n) is 4.93. The molecule has 0 aliphatic carbocycles. The van der Waals surface area contributed by atoms with Gasteiger partial charge in [0.1, 0.15) is 0 Å². The normalized spacial score (nSPS) is 16.9. The van der Waals surface area contributed by atoms with E-state index in [1.165, 1.54) is 11.4 Å². The van der Waals surface area contributed by atoms with Crippen LogP contribution in [0.25, 0.3) is 4.96 Å². The highest BCUT2D eigenvalue weighted by atomic mass is 79.9. The number of hydrogen-bond donors (Lipinski definition) is 0. The third kappa shape index (κ3) is 2.13. The number of nitrogens with zero attached hydrogens (tertiary/aromatic N) is 4. The van der Waals surface area contributed by atoms with Gasteiger partial charge in [-0.1, -0.05) is 25.2 Å². The summed E-state index contributed by atoms with van der Waals surface area (Å²) in [6, 6.07) is 0. The molecule has 0 N–H and O–H groups in total. The molecule has 1 aliphatic rings. The predicted molar refractivity (Wildman–Crippen MR) is 72.4 cm³/mol. The van der Waals surface area contributed by atoms with Gasteiger partial charge in [0.15, 0.2) is 3.92 Å². The quantitative estimate of drug-likeness (QED) is 0.854. The molecule has 3 rings (SSSR count). The summed E-state index contributed by atoms with van der Waals surface area (Å²) in [6.07, 6.45) is 1.05. The lowest BCUT2D eigenvalue weighted by atomic mass is 10.1. The van der Waals surface area contributed by atoms with Crippen LogP contribution in [0.4, 0.5) is 0 Å². The maximum atomic E-state index is 4.65. The van der Waals surface area contributed by atoms with Crippen molar-refractivity contribution in [2.24, 2.45) is 5.92 Å². The number of aromatic nitrogens is 3. The Kier molecular flexibility index (Phi) is 2.96. The molecule has 17 heavy (non-hydrogen) atoms. The molecule has 0 unspecified atom stereocenters. The first-order chi connectivity index (χ1) is 8.13. The molecule has 4 nitrogen and oxygen atoms in total. The Morgan fingerprint density at radius 1 is 1.47 bits per heavy atom. The van der Waals surface area contributed by atoms with Gasteiger partial charge in [0, 0.05) is 26.1 Å². The molecule has 0 amide bonds. The Balaban J connectivity index is 1.93. The molecule has 2 aromatic rings. The van der Waals surface area contributed by atoms with Crippen molar-refractivity contribution in [2.45, 2.75) is 26.8 Å². The minimum atomic E-state index is 0.710. The molecule has 0 aromatic carbocycles. The van der Waals surface area contributed by atoms with E-state index in [4.69, 9.17) is 0 Å². The number of rotatable bonds is 2. The van der Waals surface area contributed by atoms with Crippen LogP contribution in [0.3, 0.4) is 0 Å². The maximum Gasteiger partial charge on any atom is 0.213 e. The zero-order chi connectivity index (χ0) is 12.0. The molecule has 3 heterocycles. The monoisotopic (exact) mass is 314 g/mol. The second kappa shape index (κ2) is 4.33. The average molecular weight is 315 g/mol. The molecule has 2 aromatic heterocycles. The molecule has 1 aliphatic heterocycles. The Bertz CT molecular complexity index is 545. The Labute approximate surface area is 113 Å². The van der Waals surface area contributed by atoms with Crippen molar-refractivity contribution in [3.8, 4) is 0 Å². The van der Waals surface area contributed by atoms with E-state index in [-0.39, 0.29) is 0 Å². The van der Waals surface area contributed by atoms with Crippen LogP contribution in [-0.4, -0.2) is 32.6 Å². The van der Waals surface area contributed by atoms with E-state index in [0.29, 0.717) is 5.92 Å². The topological polar surface area (TPSA) is 33.4 Å². The van der Waals surface area contributed by atoms with Crippen LogP contribution < -0.4 is 0 Å². The first-order valence-electron chi connectivity index (χ1n) is 5.88. The van der Waals surface area contributed by atoms with Crippen molar-refractivity contribution in [2.75, 3.05) is 13.1 Å². The van der Waals surface area contributed by atoms with Gasteiger partial charge >= 0.3 is 0 Å². The van der Waals surface area contributed by atoms with Gasteiger partial charge in [-0.25, -0.2) is 9.50 Å². The summed E-state index contributed by atoms with van der Waals surface area (Å²) < 4.78 is 2.90. The molecule has 0 saturated carbocycles. The molecular formula is C11H15BrN4S. The van der Waals surface area contributed by atoms with Gasteiger partial charge in [-0.3, -0.25) is 4.90 Å². The summed E-state index contributed by atoms with van der Waals surface area (Å²) in [5.41, 5.74) is 2.50. The lowest BCUT2D eigenvalue weighted by Crippen LogP contribution is -2.34. The van der Waals surface area contributed by atoms with E-state index in [9.17, 15) is 0 Å². The molecule has 0 spiro atoms. The van der Waals surface area contributed by atoms with Crippen LogP contribution >= 0.6 is 27.3 Å². The Morgan fingerprint density at radius 3 is 3.06 bits per heavy atom. The zero-order valence-corrected chi connectivity index (χ0v) is 12.4. The summed E-state index contributed by atoms with van der Waals surface area (Å²) in [5.74, 6) is 0.710. The first kappa shape index (κ1) is 11.6. The lowest BCUT2D eigenvalue weighted by Gasteiger charge is -2.27. The van der Waals surface area contributed by atoms with Crippen molar-refractivity contribution in [3.05, 3.63) is 15.3 Å². The van der Waals surface area contributed by atoms with Crippen LogP contribution in [-0.2, 0) is 13.0 Å². The van der Waals surface area contributed by atoms with Crippen LogP contribution in [0.2, 0.25) is 0 Å². The lowest BCUT2D eigenvalue weighted by molar-refractivity contribution is 0.221. The van der Waals surface area contributed by atoms with E-state index in [0.717, 1.165) is 34.9 Å². The second-order valence-corrected chi connectivity index (χ2v) is 7.17. The molecule has 0 radical (unpaired) electrons. The summed E-state index contributed by atoms with van der Waals surface area (Å²) >= 11 is 5.02. The van der Waals surface area contributed by atoms with Crippen molar-refractivity contribution >= 4 is 32.2 Å². The summed E-state index contributed by atoms with van der Waals surface area (Å²) in [5, 5.41) is 4.46. The van der Waals surface area contributed by atoms with Crippen LogP contribution in [0.15, 0.2) is 3.92 Å². The zero-order valence-electron chi connectivity index (χ0n) is 9.98. The van der Waals surface area contributed by atoms with Gasteiger partial charge in [-0.05, 0) is 21.8 Å². The van der Waals surface area contributed by atoms with Gasteiger partial charge < -0.3 is 0 Å². The molecule has 0 bridgehead atoms. The Morgan fingerprint density at radius 2 is 2.29 bits per heavy atom. The van der Waals surface area contributed by atoms with Gasteiger partial charge in [0.25, 0.3) is 0 Å². The van der Waals surface area contributed by atoms with E-state index in [2.05, 4.69) is 44.8 Å². The number of hydrogen-bond acceptors (Lipinski definition) is 4. The molecule has 92 valence electrons. The van der Waals surface area contributed by atoms with E-state index in [1.807, 2.05) is 4.52 Å². The van der Waals surface area contributed by atoms with Crippen LogP contribution in [0.5, 0.6) is 0 Å². The fourth-order valence-electron chi connectivity index (χ4n) is 2.39. The fraction of sp³-hybridized carbons (Fsp3) is 0.636. The molecular weight excluding hydrogens is 300 g/mol. The van der Waals surface area contributed by atoms with Crippen molar-refractivity contribution in [3.63, 3.8) is 0 Å². The van der Waals surface area contributed by atoms with E-state index in [1.54, 1.807) is 11.3 Å². The van der Waals surface area contributed by atoms with Gasteiger partial charge in [-0.2, -0.15) is 0 Å². The molecule has 0 fully saturated rings. The third-order valence-electron chi connectivity index (χ3n) is 3.02. The summed E-state index contributed by atoms with van der Waals surface area (Å²) in [7, 11) is 0. The maximum absolute atomic E-state index is 4.65. The van der Waals surface area contributed by atoms with Gasteiger partial charge in [0.05, 0.1) is 11.4 Å². The minimum Gasteiger partial charge on any atom is -0.297 e. The predicted octanol–water partition coefficient (Wildman–Crippen LogP) is 2.57. The molecule has 0 atom stereocenters.